The zero-order valence-electron chi connectivity index (χ0n) is 14.0. The summed E-state index contributed by atoms with van der Waals surface area (Å²) < 4.78 is 18.1. The SMILES string of the molecule is CCc1cc(C(=O)N2CCC[C@@H](CCc3ccc(F)cc3)C2)no1. The average Bonchev–Trinajstić information content (AvgIpc) is 3.10. The maximum Gasteiger partial charge on any atom is 0.276 e. The van der Waals surface area contributed by atoms with E-state index in [1.54, 1.807) is 6.07 Å². The largest absolute Gasteiger partial charge is 0.361 e. The molecule has 1 saturated heterocycles. The summed E-state index contributed by atoms with van der Waals surface area (Å²) in [6, 6.07) is 8.42. The van der Waals surface area contributed by atoms with Gasteiger partial charge in [0.05, 0.1) is 0 Å². The zero-order valence-corrected chi connectivity index (χ0v) is 14.0. The van der Waals surface area contributed by atoms with Gasteiger partial charge in [0, 0.05) is 25.6 Å². The lowest BCUT2D eigenvalue weighted by atomic mass is 9.91. The summed E-state index contributed by atoms with van der Waals surface area (Å²) in [6.45, 7) is 3.51. The van der Waals surface area contributed by atoms with Gasteiger partial charge in [-0.25, -0.2) is 4.39 Å². The minimum atomic E-state index is -0.202. The van der Waals surface area contributed by atoms with Crippen molar-refractivity contribution >= 4 is 5.91 Å². The molecule has 3 rings (SSSR count). The van der Waals surface area contributed by atoms with Crippen LogP contribution in [0.4, 0.5) is 4.39 Å². The first-order valence-corrected chi connectivity index (χ1v) is 8.65. The van der Waals surface area contributed by atoms with Gasteiger partial charge < -0.3 is 9.42 Å². The molecule has 24 heavy (non-hydrogen) atoms. The van der Waals surface area contributed by atoms with Crippen LogP contribution in [-0.4, -0.2) is 29.1 Å². The van der Waals surface area contributed by atoms with Gasteiger partial charge in [0.25, 0.3) is 5.91 Å². The minimum absolute atomic E-state index is 0.0371. The second kappa shape index (κ2) is 7.60. The third-order valence-corrected chi connectivity index (χ3v) is 4.69. The summed E-state index contributed by atoms with van der Waals surface area (Å²) in [6.07, 6.45) is 4.80. The normalized spacial score (nSPS) is 17.9. The highest BCUT2D eigenvalue weighted by molar-refractivity contribution is 5.92. The van der Waals surface area contributed by atoms with E-state index >= 15 is 0 Å². The Balaban J connectivity index is 1.55. The molecule has 1 aliphatic heterocycles. The minimum Gasteiger partial charge on any atom is -0.361 e. The van der Waals surface area contributed by atoms with Gasteiger partial charge in [-0.05, 0) is 49.3 Å². The predicted molar refractivity (Wildman–Crippen MR) is 89.2 cm³/mol. The van der Waals surface area contributed by atoms with Crippen LogP contribution < -0.4 is 0 Å². The zero-order chi connectivity index (χ0) is 16.9. The summed E-state index contributed by atoms with van der Waals surface area (Å²) in [5.41, 5.74) is 1.55. The van der Waals surface area contributed by atoms with Gasteiger partial charge in [-0.15, -0.1) is 0 Å². The van der Waals surface area contributed by atoms with Crippen molar-refractivity contribution in [2.75, 3.05) is 13.1 Å². The van der Waals surface area contributed by atoms with Crippen molar-refractivity contribution < 1.29 is 13.7 Å². The first kappa shape index (κ1) is 16.7. The molecular weight excluding hydrogens is 307 g/mol. The Morgan fingerprint density at radius 3 is 2.88 bits per heavy atom. The number of amides is 1. The van der Waals surface area contributed by atoms with Crippen molar-refractivity contribution in [1.82, 2.24) is 10.1 Å². The molecule has 1 fully saturated rings. The Morgan fingerprint density at radius 1 is 1.38 bits per heavy atom. The van der Waals surface area contributed by atoms with Crippen LogP contribution in [0, 0.1) is 11.7 Å². The van der Waals surface area contributed by atoms with Crippen molar-refractivity contribution in [3.05, 3.63) is 53.2 Å². The Kier molecular flexibility index (Phi) is 5.28. The van der Waals surface area contributed by atoms with Crippen LogP contribution in [0.15, 0.2) is 34.9 Å². The molecule has 1 aliphatic rings. The van der Waals surface area contributed by atoms with E-state index in [4.69, 9.17) is 4.52 Å². The fraction of sp³-hybridized carbons (Fsp3) is 0.474. The lowest BCUT2D eigenvalue weighted by molar-refractivity contribution is 0.0658. The number of nitrogens with zero attached hydrogens (tertiary/aromatic N) is 2. The molecule has 0 bridgehead atoms. The van der Waals surface area contributed by atoms with E-state index in [1.807, 2.05) is 24.0 Å². The van der Waals surface area contributed by atoms with Gasteiger partial charge in [0.15, 0.2) is 5.69 Å². The third kappa shape index (κ3) is 4.02. The molecular formula is C19H23FN2O2. The summed E-state index contributed by atoms with van der Waals surface area (Å²) in [7, 11) is 0. The number of halogens is 1. The molecule has 1 atom stereocenters. The van der Waals surface area contributed by atoms with Crippen molar-refractivity contribution in [3.63, 3.8) is 0 Å². The molecule has 2 heterocycles. The number of rotatable bonds is 5. The first-order chi connectivity index (χ1) is 11.7. The summed E-state index contributed by atoms with van der Waals surface area (Å²) >= 11 is 0. The summed E-state index contributed by atoms with van der Waals surface area (Å²) in [4.78, 5) is 14.4. The van der Waals surface area contributed by atoms with Crippen molar-refractivity contribution in [1.29, 1.82) is 0 Å². The van der Waals surface area contributed by atoms with Crippen molar-refractivity contribution in [2.24, 2.45) is 5.92 Å². The summed E-state index contributed by atoms with van der Waals surface area (Å²) in [5, 5.41) is 3.89. The van der Waals surface area contributed by atoms with E-state index < -0.39 is 0 Å². The predicted octanol–water partition coefficient (Wildman–Crippen LogP) is 3.86. The molecule has 0 unspecified atom stereocenters. The second-order valence-corrected chi connectivity index (χ2v) is 6.46. The summed E-state index contributed by atoms with van der Waals surface area (Å²) in [5.74, 6) is 0.977. The van der Waals surface area contributed by atoms with Crippen molar-refractivity contribution in [2.45, 2.75) is 39.0 Å². The van der Waals surface area contributed by atoms with E-state index in [0.29, 0.717) is 11.6 Å². The molecule has 2 aromatic rings. The number of aryl methyl sites for hydroxylation is 2. The molecule has 1 aromatic heterocycles. The third-order valence-electron chi connectivity index (χ3n) is 4.69. The number of aromatic nitrogens is 1. The van der Waals surface area contributed by atoms with E-state index in [-0.39, 0.29) is 11.7 Å². The van der Waals surface area contributed by atoms with Gasteiger partial charge in [-0.1, -0.05) is 24.2 Å². The van der Waals surface area contributed by atoms with Crippen LogP contribution in [0.3, 0.4) is 0 Å². The Morgan fingerprint density at radius 2 is 2.17 bits per heavy atom. The van der Waals surface area contributed by atoms with Gasteiger partial charge in [0.2, 0.25) is 0 Å². The smallest absolute Gasteiger partial charge is 0.276 e. The number of hydrogen-bond donors (Lipinski definition) is 0. The number of benzene rings is 1. The number of piperidine rings is 1. The van der Waals surface area contributed by atoms with Crippen LogP contribution in [0.5, 0.6) is 0 Å². The molecule has 0 spiro atoms. The fourth-order valence-electron chi connectivity index (χ4n) is 3.25. The fourth-order valence-corrected chi connectivity index (χ4v) is 3.25. The highest BCUT2D eigenvalue weighted by atomic mass is 19.1. The highest BCUT2D eigenvalue weighted by Crippen LogP contribution is 2.23. The molecule has 0 saturated carbocycles. The number of carbonyl (C=O) groups is 1. The van der Waals surface area contributed by atoms with E-state index in [9.17, 15) is 9.18 Å². The molecule has 128 valence electrons. The molecule has 5 heteroatoms. The maximum absolute atomic E-state index is 13.0. The Hall–Kier alpha value is -2.17. The number of hydrogen-bond acceptors (Lipinski definition) is 3. The molecule has 0 aliphatic carbocycles. The monoisotopic (exact) mass is 330 g/mol. The topological polar surface area (TPSA) is 46.3 Å². The number of likely N-dealkylation sites (tertiary alicyclic amines) is 1. The van der Waals surface area contributed by atoms with Crippen LogP contribution in [0.1, 0.15) is 48.0 Å². The van der Waals surface area contributed by atoms with E-state index in [1.165, 1.54) is 12.1 Å². The Bertz CT molecular complexity index is 681. The van der Waals surface area contributed by atoms with Gasteiger partial charge >= 0.3 is 0 Å². The van der Waals surface area contributed by atoms with E-state index in [2.05, 4.69) is 5.16 Å². The van der Waals surface area contributed by atoms with Gasteiger partial charge in [0.1, 0.15) is 11.6 Å². The molecule has 0 radical (unpaired) electrons. The Labute approximate surface area is 141 Å². The lowest BCUT2D eigenvalue weighted by Crippen LogP contribution is -2.40. The van der Waals surface area contributed by atoms with Crippen LogP contribution >= 0.6 is 0 Å². The molecule has 1 aromatic carbocycles. The van der Waals surface area contributed by atoms with Crippen LogP contribution in [-0.2, 0) is 12.8 Å². The maximum atomic E-state index is 13.0. The average molecular weight is 330 g/mol. The molecule has 1 amide bonds. The quantitative estimate of drug-likeness (QED) is 0.836. The van der Waals surface area contributed by atoms with Crippen molar-refractivity contribution in [3.8, 4) is 0 Å². The number of carbonyl (C=O) groups excluding carboxylic acids is 1. The standard InChI is InChI=1S/C19H23FN2O2/c1-2-17-12-18(21-24-17)19(23)22-11-3-4-15(13-22)6-5-14-7-9-16(20)10-8-14/h7-10,12,15H,2-6,11,13H2,1H3/t15-/m0/s1. The highest BCUT2D eigenvalue weighted by Gasteiger charge is 2.26. The van der Waals surface area contributed by atoms with Gasteiger partial charge in [-0.3, -0.25) is 4.79 Å². The van der Waals surface area contributed by atoms with Gasteiger partial charge in [-0.2, -0.15) is 0 Å². The molecule has 0 N–H and O–H groups in total. The second-order valence-electron chi connectivity index (χ2n) is 6.46. The van der Waals surface area contributed by atoms with Crippen LogP contribution in [0.2, 0.25) is 0 Å². The van der Waals surface area contributed by atoms with Crippen LogP contribution in [0.25, 0.3) is 0 Å². The van der Waals surface area contributed by atoms with E-state index in [0.717, 1.165) is 56.5 Å². The first-order valence-electron chi connectivity index (χ1n) is 8.65. The lowest BCUT2D eigenvalue weighted by Gasteiger charge is -2.32. The molecule has 4 nitrogen and oxygen atoms in total.